The molecular weight excluding hydrogens is 431 g/mol. The van der Waals surface area contributed by atoms with Crippen LogP contribution in [-0.2, 0) is 29.1 Å². The Morgan fingerprint density at radius 2 is 2.12 bits per heavy atom. The summed E-state index contributed by atoms with van der Waals surface area (Å²) in [5, 5.41) is 12.2. The van der Waals surface area contributed by atoms with E-state index in [0.29, 0.717) is 42.6 Å². The number of benzene rings is 2. The Bertz CT molecular complexity index is 1120. The van der Waals surface area contributed by atoms with Crippen LogP contribution in [0, 0.1) is 12.7 Å². The molecule has 0 saturated heterocycles. The SMILES string of the molecule is CCn1c(SCC(=O)NCCc2cc(F)cc3c2OCOC3)nnc1-c1ccccc1C. The predicted octanol–water partition coefficient (Wildman–Crippen LogP) is 3.73. The maximum absolute atomic E-state index is 13.9. The maximum atomic E-state index is 13.9. The Labute approximate surface area is 190 Å². The van der Waals surface area contributed by atoms with E-state index in [2.05, 4.69) is 15.5 Å². The van der Waals surface area contributed by atoms with E-state index < -0.39 is 0 Å². The van der Waals surface area contributed by atoms with E-state index >= 15 is 0 Å². The number of amides is 1. The molecule has 0 saturated carbocycles. The van der Waals surface area contributed by atoms with Gasteiger partial charge in [0.05, 0.1) is 12.4 Å². The van der Waals surface area contributed by atoms with Crippen molar-refractivity contribution in [1.29, 1.82) is 0 Å². The third-order valence-corrected chi connectivity index (χ3v) is 6.19. The zero-order valence-electron chi connectivity index (χ0n) is 18.1. The van der Waals surface area contributed by atoms with Gasteiger partial charge in [-0.2, -0.15) is 0 Å². The number of hydrogen-bond donors (Lipinski definition) is 1. The highest BCUT2D eigenvalue weighted by Crippen LogP contribution is 2.30. The molecule has 0 spiro atoms. The van der Waals surface area contributed by atoms with Crippen LogP contribution in [0.3, 0.4) is 0 Å². The predicted molar refractivity (Wildman–Crippen MR) is 120 cm³/mol. The van der Waals surface area contributed by atoms with Crippen LogP contribution >= 0.6 is 11.8 Å². The average molecular weight is 457 g/mol. The van der Waals surface area contributed by atoms with Crippen molar-refractivity contribution in [3.05, 3.63) is 58.9 Å². The fourth-order valence-corrected chi connectivity index (χ4v) is 4.50. The number of rotatable bonds is 8. The zero-order valence-corrected chi connectivity index (χ0v) is 18.9. The van der Waals surface area contributed by atoms with E-state index in [1.807, 2.05) is 42.7 Å². The van der Waals surface area contributed by atoms with Gasteiger partial charge in [-0.3, -0.25) is 4.79 Å². The molecule has 2 aromatic carbocycles. The average Bonchev–Trinajstić information content (AvgIpc) is 3.20. The second kappa shape index (κ2) is 10.1. The molecule has 1 amide bonds. The van der Waals surface area contributed by atoms with Crippen LogP contribution in [0.4, 0.5) is 4.39 Å². The first-order valence-electron chi connectivity index (χ1n) is 10.5. The molecule has 32 heavy (non-hydrogen) atoms. The number of aromatic nitrogens is 3. The van der Waals surface area contributed by atoms with Gasteiger partial charge < -0.3 is 19.4 Å². The highest BCUT2D eigenvalue weighted by atomic mass is 32.2. The Hall–Kier alpha value is -2.91. The molecule has 2 heterocycles. The van der Waals surface area contributed by atoms with Crippen LogP contribution in [0.2, 0.25) is 0 Å². The standard InChI is InChI=1S/C23H25FN4O3S/c1-3-28-22(19-7-5-4-6-15(19)2)26-27-23(28)32-13-20(29)25-9-8-16-10-18(24)11-17-12-30-14-31-21(16)17/h4-7,10-11H,3,8-9,12-14H2,1-2H3,(H,25,29). The van der Waals surface area contributed by atoms with Crippen LogP contribution in [0.25, 0.3) is 11.4 Å². The summed E-state index contributed by atoms with van der Waals surface area (Å²) >= 11 is 1.35. The van der Waals surface area contributed by atoms with Gasteiger partial charge in [-0.1, -0.05) is 36.0 Å². The van der Waals surface area contributed by atoms with Crippen molar-refractivity contribution in [2.24, 2.45) is 0 Å². The topological polar surface area (TPSA) is 78.3 Å². The summed E-state index contributed by atoms with van der Waals surface area (Å²) in [4.78, 5) is 12.4. The molecule has 0 fully saturated rings. The van der Waals surface area contributed by atoms with Gasteiger partial charge in [0.15, 0.2) is 17.8 Å². The van der Waals surface area contributed by atoms with Gasteiger partial charge >= 0.3 is 0 Å². The van der Waals surface area contributed by atoms with E-state index in [1.165, 1.54) is 23.9 Å². The smallest absolute Gasteiger partial charge is 0.230 e. The van der Waals surface area contributed by atoms with E-state index in [9.17, 15) is 9.18 Å². The van der Waals surface area contributed by atoms with Crippen molar-refractivity contribution in [3.63, 3.8) is 0 Å². The number of hydrogen-bond acceptors (Lipinski definition) is 6. The summed E-state index contributed by atoms with van der Waals surface area (Å²) < 4.78 is 26.6. The lowest BCUT2D eigenvalue weighted by atomic mass is 10.1. The van der Waals surface area contributed by atoms with Crippen molar-refractivity contribution in [2.45, 2.75) is 38.6 Å². The minimum Gasteiger partial charge on any atom is -0.467 e. The van der Waals surface area contributed by atoms with E-state index in [1.54, 1.807) is 0 Å². The molecular formula is C23H25FN4O3S. The molecule has 1 N–H and O–H groups in total. The molecule has 1 aromatic heterocycles. The number of ether oxygens (including phenoxy) is 2. The lowest BCUT2D eigenvalue weighted by Gasteiger charge is -2.21. The number of nitrogens with one attached hydrogen (secondary N) is 1. The summed E-state index contributed by atoms with van der Waals surface area (Å²) in [7, 11) is 0. The quantitative estimate of drug-likeness (QED) is 0.521. The van der Waals surface area contributed by atoms with E-state index in [0.717, 1.165) is 22.5 Å². The van der Waals surface area contributed by atoms with Gasteiger partial charge in [0.1, 0.15) is 11.6 Å². The van der Waals surface area contributed by atoms with Gasteiger partial charge in [0, 0.05) is 24.2 Å². The van der Waals surface area contributed by atoms with E-state index in [-0.39, 0.29) is 24.3 Å². The molecule has 1 aliphatic heterocycles. The number of fused-ring (bicyclic) bond motifs is 1. The monoisotopic (exact) mass is 456 g/mol. The van der Waals surface area contributed by atoms with Crippen molar-refractivity contribution in [1.82, 2.24) is 20.1 Å². The van der Waals surface area contributed by atoms with Crippen molar-refractivity contribution in [3.8, 4) is 17.1 Å². The van der Waals surface area contributed by atoms with Crippen LogP contribution in [-0.4, -0.2) is 39.8 Å². The summed E-state index contributed by atoms with van der Waals surface area (Å²) in [6.45, 7) is 5.63. The van der Waals surface area contributed by atoms with E-state index in [4.69, 9.17) is 9.47 Å². The molecule has 1 aliphatic rings. The number of thioether (sulfide) groups is 1. The Morgan fingerprint density at radius 1 is 1.28 bits per heavy atom. The molecule has 0 aliphatic carbocycles. The molecule has 168 valence electrons. The summed E-state index contributed by atoms with van der Waals surface area (Å²) in [6, 6.07) is 10.9. The van der Waals surface area contributed by atoms with Gasteiger partial charge in [-0.15, -0.1) is 10.2 Å². The van der Waals surface area contributed by atoms with Crippen LogP contribution in [0.15, 0.2) is 41.6 Å². The summed E-state index contributed by atoms with van der Waals surface area (Å²) in [5.74, 6) is 1.22. The fraction of sp³-hybridized carbons (Fsp3) is 0.348. The second-order valence-corrected chi connectivity index (χ2v) is 8.36. The Morgan fingerprint density at radius 3 is 2.94 bits per heavy atom. The first-order valence-corrected chi connectivity index (χ1v) is 11.5. The second-order valence-electron chi connectivity index (χ2n) is 7.42. The van der Waals surface area contributed by atoms with Crippen molar-refractivity contribution < 1.29 is 18.7 Å². The minimum atomic E-state index is -0.335. The molecule has 0 radical (unpaired) electrons. The summed E-state index contributed by atoms with van der Waals surface area (Å²) in [5.41, 5.74) is 3.57. The van der Waals surface area contributed by atoms with Gasteiger partial charge in [0.25, 0.3) is 0 Å². The minimum absolute atomic E-state index is 0.118. The van der Waals surface area contributed by atoms with Crippen molar-refractivity contribution in [2.75, 3.05) is 19.1 Å². The maximum Gasteiger partial charge on any atom is 0.230 e. The van der Waals surface area contributed by atoms with Crippen LogP contribution in [0.5, 0.6) is 5.75 Å². The molecule has 0 unspecified atom stereocenters. The largest absolute Gasteiger partial charge is 0.467 e. The Kier molecular flexibility index (Phi) is 7.06. The highest BCUT2D eigenvalue weighted by molar-refractivity contribution is 7.99. The number of aryl methyl sites for hydroxylation is 1. The lowest BCUT2D eigenvalue weighted by Crippen LogP contribution is -2.27. The highest BCUT2D eigenvalue weighted by Gasteiger charge is 2.18. The third-order valence-electron chi connectivity index (χ3n) is 5.22. The molecule has 0 atom stereocenters. The molecule has 7 nitrogen and oxygen atoms in total. The number of nitrogens with zero attached hydrogens (tertiary/aromatic N) is 3. The molecule has 9 heteroatoms. The van der Waals surface area contributed by atoms with Gasteiger partial charge in [-0.25, -0.2) is 4.39 Å². The third kappa shape index (κ3) is 4.94. The van der Waals surface area contributed by atoms with Crippen molar-refractivity contribution >= 4 is 17.7 Å². The van der Waals surface area contributed by atoms with Crippen LogP contribution < -0.4 is 10.1 Å². The van der Waals surface area contributed by atoms with Gasteiger partial charge in [-0.05, 0) is 43.5 Å². The number of carbonyl (C=O) groups excluding carboxylic acids is 1. The first-order chi connectivity index (χ1) is 15.6. The van der Waals surface area contributed by atoms with Gasteiger partial charge in [0.2, 0.25) is 5.91 Å². The number of carbonyl (C=O) groups is 1. The zero-order chi connectivity index (χ0) is 22.5. The lowest BCUT2D eigenvalue weighted by molar-refractivity contribution is -0.118. The molecule has 0 bridgehead atoms. The Balaban J connectivity index is 1.34. The fourth-order valence-electron chi connectivity index (χ4n) is 3.66. The molecule has 4 rings (SSSR count). The number of halogens is 1. The molecule has 3 aromatic rings. The normalized spacial score (nSPS) is 12.8. The van der Waals surface area contributed by atoms with Crippen LogP contribution in [0.1, 0.15) is 23.6 Å². The summed E-state index contributed by atoms with van der Waals surface area (Å²) in [6.07, 6.45) is 0.471. The first kappa shape index (κ1) is 22.3.